The van der Waals surface area contributed by atoms with Crippen LogP contribution in [-0.4, -0.2) is 35.6 Å². The third kappa shape index (κ3) is 4.72. The van der Waals surface area contributed by atoms with E-state index in [0.29, 0.717) is 6.54 Å². The number of hydrogen-bond donors (Lipinski definition) is 1. The van der Waals surface area contributed by atoms with E-state index in [2.05, 4.69) is 36.1 Å². The maximum atomic E-state index is 11.1. The van der Waals surface area contributed by atoms with E-state index in [4.69, 9.17) is 16.7 Å². The van der Waals surface area contributed by atoms with Crippen molar-refractivity contribution in [1.82, 2.24) is 4.90 Å². The number of carboxylic acid groups (broad SMARTS) is 1. The van der Waals surface area contributed by atoms with E-state index in [9.17, 15) is 4.79 Å². The van der Waals surface area contributed by atoms with Gasteiger partial charge >= 0.3 is 5.97 Å². The van der Waals surface area contributed by atoms with Gasteiger partial charge in [0, 0.05) is 13.1 Å². The van der Waals surface area contributed by atoms with Crippen molar-refractivity contribution in [1.29, 1.82) is 0 Å². The molecule has 1 N–H and O–H groups in total. The zero-order valence-electron chi connectivity index (χ0n) is 12.6. The molecule has 1 aliphatic heterocycles. The van der Waals surface area contributed by atoms with Gasteiger partial charge in [0.05, 0.1) is 11.3 Å². The zero-order chi connectivity index (χ0) is 15.2. The molecule has 1 aromatic carbocycles. The number of hydrogen-bond acceptors (Lipinski definition) is 2. The molecule has 0 aromatic heterocycles. The first-order valence-corrected chi connectivity index (χ1v) is 8.22. The van der Waals surface area contributed by atoms with Crippen molar-refractivity contribution in [3.8, 4) is 0 Å². The summed E-state index contributed by atoms with van der Waals surface area (Å²) in [5, 5.41) is 9.05. The molecule has 1 aliphatic rings. The van der Waals surface area contributed by atoms with Crippen molar-refractivity contribution in [3.05, 3.63) is 35.4 Å². The molecule has 0 spiro atoms. The molecule has 1 fully saturated rings. The van der Waals surface area contributed by atoms with Crippen molar-refractivity contribution in [2.45, 2.75) is 38.0 Å². The summed E-state index contributed by atoms with van der Waals surface area (Å²) in [5.41, 5.74) is 2.46. The molecular formula is C17H24ClNO2. The lowest BCUT2D eigenvalue weighted by atomic mass is 9.97. The van der Waals surface area contributed by atoms with Gasteiger partial charge in [-0.2, -0.15) is 0 Å². The Morgan fingerprint density at radius 2 is 2.14 bits per heavy atom. The van der Waals surface area contributed by atoms with E-state index in [1.54, 1.807) is 0 Å². The topological polar surface area (TPSA) is 40.5 Å². The standard InChI is InChI=1S/C17H24ClNO2/c1-2-4-13-6-8-14(9-7-13)16(18)12-19-10-3-5-15(11-19)17(20)21/h6-9,15-16H,2-5,10-12H2,1H3,(H,20,21). The lowest BCUT2D eigenvalue weighted by Gasteiger charge is -2.32. The van der Waals surface area contributed by atoms with Gasteiger partial charge < -0.3 is 10.0 Å². The number of nitrogens with zero attached hydrogens (tertiary/aromatic N) is 1. The first-order chi connectivity index (χ1) is 10.1. The monoisotopic (exact) mass is 309 g/mol. The molecule has 4 heteroatoms. The largest absolute Gasteiger partial charge is 0.481 e. The predicted octanol–water partition coefficient (Wildman–Crippen LogP) is 3.72. The molecule has 21 heavy (non-hydrogen) atoms. The number of aliphatic carboxylic acids is 1. The highest BCUT2D eigenvalue weighted by molar-refractivity contribution is 6.21. The van der Waals surface area contributed by atoms with E-state index >= 15 is 0 Å². The van der Waals surface area contributed by atoms with Gasteiger partial charge in [-0.1, -0.05) is 37.6 Å². The van der Waals surface area contributed by atoms with Gasteiger partial charge in [0.25, 0.3) is 0 Å². The molecule has 2 rings (SSSR count). The van der Waals surface area contributed by atoms with Gasteiger partial charge in [0.1, 0.15) is 0 Å². The zero-order valence-corrected chi connectivity index (χ0v) is 13.4. The fraction of sp³-hybridized carbons (Fsp3) is 0.588. The van der Waals surface area contributed by atoms with Crippen molar-refractivity contribution in [3.63, 3.8) is 0 Å². The molecule has 0 saturated carbocycles. The van der Waals surface area contributed by atoms with Gasteiger partial charge in [0.15, 0.2) is 0 Å². The third-order valence-corrected chi connectivity index (χ3v) is 4.54. The Morgan fingerprint density at radius 3 is 2.76 bits per heavy atom. The van der Waals surface area contributed by atoms with Gasteiger partial charge in [-0.15, -0.1) is 11.6 Å². The summed E-state index contributed by atoms with van der Waals surface area (Å²) in [5.74, 6) is -0.927. The lowest BCUT2D eigenvalue weighted by Crippen LogP contribution is -2.40. The predicted molar refractivity (Wildman–Crippen MR) is 85.8 cm³/mol. The van der Waals surface area contributed by atoms with Crippen LogP contribution in [0.15, 0.2) is 24.3 Å². The molecule has 1 aromatic rings. The van der Waals surface area contributed by atoms with Gasteiger partial charge in [-0.25, -0.2) is 0 Å². The molecule has 0 radical (unpaired) electrons. The summed E-state index contributed by atoms with van der Waals surface area (Å²) in [7, 11) is 0. The summed E-state index contributed by atoms with van der Waals surface area (Å²) in [6.07, 6.45) is 3.97. The molecule has 0 aliphatic carbocycles. The Labute approximate surface area is 131 Å². The number of rotatable bonds is 6. The van der Waals surface area contributed by atoms with Crippen LogP contribution in [0, 0.1) is 5.92 Å². The Kier molecular flexibility index (Phi) is 6.07. The van der Waals surface area contributed by atoms with Crippen molar-refractivity contribution >= 4 is 17.6 Å². The quantitative estimate of drug-likeness (QED) is 0.814. The van der Waals surface area contributed by atoms with Crippen LogP contribution in [0.25, 0.3) is 0 Å². The van der Waals surface area contributed by atoms with Crippen LogP contribution in [0.3, 0.4) is 0 Å². The SMILES string of the molecule is CCCc1ccc(C(Cl)CN2CCCC(C(=O)O)C2)cc1. The Bertz CT molecular complexity index is 460. The maximum Gasteiger partial charge on any atom is 0.307 e. The molecule has 0 bridgehead atoms. The number of benzene rings is 1. The lowest BCUT2D eigenvalue weighted by molar-refractivity contribution is -0.143. The number of carboxylic acids is 1. The molecule has 0 amide bonds. The molecule has 3 nitrogen and oxygen atoms in total. The van der Waals surface area contributed by atoms with Crippen LogP contribution in [-0.2, 0) is 11.2 Å². The molecule has 1 heterocycles. The summed E-state index contributed by atoms with van der Waals surface area (Å²) in [6.45, 7) is 4.46. The van der Waals surface area contributed by atoms with Gasteiger partial charge in [-0.3, -0.25) is 4.79 Å². The fourth-order valence-corrected chi connectivity index (χ4v) is 3.28. The van der Waals surface area contributed by atoms with Crippen LogP contribution in [0.1, 0.15) is 42.7 Å². The minimum Gasteiger partial charge on any atom is -0.481 e. The van der Waals surface area contributed by atoms with Crippen LogP contribution in [0.5, 0.6) is 0 Å². The third-order valence-electron chi connectivity index (χ3n) is 4.15. The smallest absolute Gasteiger partial charge is 0.307 e. The van der Waals surface area contributed by atoms with Gasteiger partial charge in [0.2, 0.25) is 0 Å². The van der Waals surface area contributed by atoms with Crippen LogP contribution >= 0.6 is 11.6 Å². The molecular weight excluding hydrogens is 286 g/mol. The average Bonchev–Trinajstić information content (AvgIpc) is 2.48. The molecule has 2 atom stereocenters. The van der Waals surface area contributed by atoms with Crippen LogP contribution in [0.2, 0.25) is 0 Å². The highest BCUT2D eigenvalue weighted by Gasteiger charge is 2.26. The summed E-state index contributed by atoms with van der Waals surface area (Å²) < 4.78 is 0. The second-order valence-corrected chi connectivity index (χ2v) is 6.42. The van der Waals surface area contributed by atoms with E-state index in [-0.39, 0.29) is 11.3 Å². The van der Waals surface area contributed by atoms with Crippen molar-refractivity contribution in [2.24, 2.45) is 5.92 Å². The second-order valence-electron chi connectivity index (χ2n) is 5.90. The summed E-state index contributed by atoms with van der Waals surface area (Å²) in [6, 6.07) is 8.48. The Balaban J connectivity index is 1.91. The van der Waals surface area contributed by atoms with E-state index in [0.717, 1.165) is 44.3 Å². The minimum atomic E-state index is -0.685. The first-order valence-electron chi connectivity index (χ1n) is 7.78. The number of piperidine rings is 1. The van der Waals surface area contributed by atoms with Crippen LogP contribution < -0.4 is 0 Å². The van der Waals surface area contributed by atoms with E-state index in [1.165, 1.54) is 5.56 Å². The number of aryl methyl sites for hydroxylation is 1. The summed E-state index contributed by atoms with van der Waals surface area (Å²) >= 11 is 6.51. The minimum absolute atomic E-state index is 0.0757. The van der Waals surface area contributed by atoms with Gasteiger partial charge in [-0.05, 0) is 36.9 Å². The number of carbonyl (C=O) groups is 1. The van der Waals surface area contributed by atoms with Crippen LogP contribution in [0.4, 0.5) is 0 Å². The fourth-order valence-electron chi connectivity index (χ4n) is 2.94. The maximum absolute atomic E-state index is 11.1. The molecule has 1 saturated heterocycles. The van der Waals surface area contributed by atoms with Crippen molar-refractivity contribution < 1.29 is 9.90 Å². The average molecular weight is 310 g/mol. The number of halogens is 1. The highest BCUT2D eigenvalue weighted by Crippen LogP contribution is 2.25. The first kappa shape index (κ1) is 16.3. The van der Waals surface area contributed by atoms with E-state index < -0.39 is 5.97 Å². The number of likely N-dealkylation sites (tertiary alicyclic amines) is 1. The molecule has 116 valence electrons. The van der Waals surface area contributed by atoms with Crippen molar-refractivity contribution in [2.75, 3.05) is 19.6 Å². The summed E-state index contributed by atoms with van der Waals surface area (Å²) in [4.78, 5) is 13.3. The Hall–Kier alpha value is -1.06. The Morgan fingerprint density at radius 1 is 1.43 bits per heavy atom. The number of alkyl halides is 1. The normalized spacial score (nSPS) is 21.1. The molecule has 2 unspecified atom stereocenters. The second kappa shape index (κ2) is 7.81. The van der Waals surface area contributed by atoms with E-state index in [1.807, 2.05) is 0 Å². The highest BCUT2D eigenvalue weighted by atomic mass is 35.5.